The van der Waals surface area contributed by atoms with Crippen LogP contribution < -0.4 is 0 Å². The van der Waals surface area contributed by atoms with Gasteiger partial charge in [0.05, 0.1) is 0 Å². The van der Waals surface area contributed by atoms with E-state index in [2.05, 4.69) is 0 Å². The number of benzene rings is 1. The number of hydrogen-bond acceptors (Lipinski definition) is 2. The van der Waals surface area contributed by atoms with E-state index in [-0.39, 0.29) is 4.49 Å². The Morgan fingerprint density at radius 1 is 0.944 bits per heavy atom. The number of carbonyl (C=O) groups is 2. The number of carboxylic acids is 2. The average Bonchev–Trinajstić information content (AvgIpc) is 2.28. The molecule has 2 N–H and O–H groups in total. The lowest BCUT2D eigenvalue weighted by atomic mass is 10.2. The summed E-state index contributed by atoms with van der Waals surface area (Å²) in [6.07, 6.45) is 2.81. The first kappa shape index (κ1) is 16.2. The van der Waals surface area contributed by atoms with E-state index in [9.17, 15) is 9.59 Å². The Kier molecular flexibility index (Phi) is 8.35. The van der Waals surface area contributed by atoms with Gasteiger partial charge in [-0.2, -0.15) is 0 Å². The third-order valence-electron chi connectivity index (χ3n) is 1.44. The summed E-state index contributed by atoms with van der Waals surface area (Å²) in [6.45, 7) is 0. The topological polar surface area (TPSA) is 74.6 Å². The molecule has 0 heterocycles. The quantitative estimate of drug-likeness (QED) is 0.838. The van der Waals surface area contributed by atoms with Gasteiger partial charge < -0.3 is 10.2 Å². The monoisotopic (exact) mass is 288 g/mol. The zero-order chi connectivity index (χ0) is 14.0. The Morgan fingerprint density at radius 3 is 1.72 bits per heavy atom. The Hall–Kier alpha value is -1.78. The summed E-state index contributed by atoms with van der Waals surface area (Å²) in [6, 6.07) is 9.68. The molecule has 0 amide bonds. The summed E-state index contributed by atoms with van der Waals surface area (Å²) >= 11 is 10.9. The van der Waals surface area contributed by atoms with Gasteiger partial charge in [0.15, 0.2) is 0 Å². The van der Waals surface area contributed by atoms with Crippen LogP contribution in [0.15, 0.2) is 47.0 Å². The summed E-state index contributed by atoms with van der Waals surface area (Å²) in [7, 11) is 0. The van der Waals surface area contributed by atoms with E-state index < -0.39 is 11.9 Å². The van der Waals surface area contributed by atoms with Crippen LogP contribution in [0.5, 0.6) is 0 Å². The summed E-state index contributed by atoms with van der Waals surface area (Å²) in [5, 5.41) is 15.6. The van der Waals surface area contributed by atoms with Gasteiger partial charge in [0.1, 0.15) is 4.49 Å². The van der Waals surface area contributed by atoms with E-state index in [1.807, 2.05) is 30.3 Å². The van der Waals surface area contributed by atoms with E-state index in [4.69, 9.17) is 33.4 Å². The second-order valence-electron chi connectivity index (χ2n) is 2.85. The highest BCUT2D eigenvalue weighted by Crippen LogP contribution is 2.12. The van der Waals surface area contributed by atoms with E-state index in [0.29, 0.717) is 12.2 Å². The standard InChI is InChI=1S/C8H6Cl2.C4H4O4/c9-8(10)6-7-4-2-1-3-5-7;5-3(6)1-2-4(7)8/h1-6H;1-2H,(H,5,6)(H,7,8)/b;2-1-. The highest BCUT2D eigenvalue weighted by Gasteiger charge is 1.88. The van der Waals surface area contributed by atoms with Crippen LogP contribution in [0, 0.1) is 0 Å². The van der Waals surface area contributed by atoms with Crippen molar-refractivity contribution in [3.05, 3.63) is 52.5 Å². The molecule has 18 heavy (non-hydrogen) atoms. The van der Waals surface area contributed by atoms with Crippen LogP contribution in [0.3, 0.4) is 0 Å². The van der Waals surface area contributed by atoms with Crippen molar-refractivity contribution in [2.75, 3.05) is 0 Å². The fourth-order valence-electron chi connectivity index (χ4n) is 0.818. The summed E-state index contributed by atoms with van der Waals surface area (Å²) < 4.78 is 0.284. The van der Waals surface area contributed by atoms with Crippen molar-refractivity contribution >= 4 is 41.2 Å². The van der Waals surface area contributed by atoms with Crippen LogP contribution in [0.1, 0.15) is 5.56 Å². The molecule has 1 rings (SSSR count). The molecule has 1 aromatic rings. The van der Waals surface area contributed by atoms with Crippen LogP contribution in [-0.4, -0.2) is 22.2 Å². The molecule has 0 saturated heterocycles. The summed E-state index contributed by atoms with van der Waals surface area (Å²) in [4.78, 5) is 19.1. The lowest BCUT2D eigenvalue weighted by molar-refractivity contribution is -0.134. The highest BCUT2D eigenvalue weighted by atomic mass is 35.5. The number of hydrogen-bond donors (Lipinski definition) is 2. The molecular formula is C12H10Cl2O4. The Balaban J connectivity index is 0.000000331. The Morgan fingerprint density at radius 2 is 1.39 bits per heavy atom. The van der Waals surface area contributed by atoms with Crippen LogP contribution in [-0.2, 0) is 9.59 Å². The molecule has 0 aliphatic carbocycles. The largest absolute Gasteiger partial charge is 0.478 e. The van der Waals surface area contributed by atoms with Crippen molar-refractivity contribution in [2.45, 2.75) is 0 Å². The maximum absolute atomic E-state index is 9.55. The first-order valence-corrected chi connectivity index (χ1v) is 5.39. The van der Waals surface area contributed by atoms with Crippen LogP contribution >= 0.6 is 23.2 Å². The summed E-state index contributed by atoms with van der Waals surface area (Å²) in [5.74, 6) is -2.51. The normalized spacial score (nSPS) is 9.22. The van der Waals surface area contributed by atoms with Gasteiger partial charge in [-0.1, -0.05) is 53.5 Å². The molecule has 0 fully saturated rings. The van der Waals surface area contributed by atoms with Gasteiger partial charge in [0, 0.05) is 12.2 Å². The molecule has 4 nitrogen and oxygen atoms in total. The smallest absolute Gasteiger partial charge is 0.328 e. The maximum Gasteiger partial charge on any atom is 0.328 e. The van der Waals surface area contributed by atoms with Gasteiger partial charge in [0.25, 0.3) is 0 Å². The molecule has 0 aromatic heterocycles. The van der Waals surface area contributed by atoms with E-state index in [1.165, 1.54) is 0 Å². The van der Waals surface area contributed by atoms with Gasteiger partial charge >= 0.3 is 11.9 Å². The van der Waals surface area contributed by atoms with Crippen molar-refractivity contribution in [3.8, 4) is 0 Å². The minimum atomic E-state index is -1.26. The predicted molar refractivity (Wildman–Crippen MR) is 70.5 cm³/mol. The van der Waals surface area contributed by atoms with E-state index in [1.54, 1.807) is 6.08 Å². The zero-order valence-corrected chi connectivity index (χ0v) is 10.6. The molecule has 0 saturated carbocycles. The molecule has 0 atom stereocenters. The third kappa shape index (κ3) is 10.7. The third-order valence-corrected chi connectivity index (χ3v) is 1.66. The second-order valence-corrected chi connectivity index (χ2v) is 3.86. The van der Waals surface area contributed by atoms with Gasteiger partial charge in [-0.25, -0.2) is 9.59 Å². The fraction of sp³-hybridized carbons (Fsp3) is 0. The lowest BCUT2D eigenvalue weighted by Crippen LogP contribution is -1.91. The molecule has 0 aliphatic heterocycles. The van der Waals surface area contributed by atoms with E-state index >= 15 is 0 Å². The molecule has 1 aromatic carbocycles. The minimum Gasteiger partial charge on any atom is -0.478 e. The molecule has 0 bridgehead atoms. The van der Waals surface area contributed by atoms with Crippen molar-refractivity contribution < 1.29 is 19.8 Å². The van der Waals surface area contributed by atoms with Gasteiger partial charge in [-0.05, 0) is 11.6 Å². The average molecular weight is 289 g/mol. The molecule has 0 radical (unpaired) electrons. The van der Waals surface area contributed by atoms with Gasteiger partial charge in [-0.3, -0.25) is 0 Å². The van der Waals surface area contributed by atoms with Crippen LogP contribution in [0.2, 0.25) is 0 Å². The predicted octanol–water partition coefficient (Wildman–Crippen LogP) is 3.17. The SMILES string of the molecule is ClC(Cl)=Cc1ccccc1.O=C(O)/C=C\C(=O)O. The van der Waals surface area contributed by atoms with Gasteiger partial charge in [-0.15, -0.1) is 0 Å². The van der Waals surface area contributed by atoms with Crippen molar-refractivity contribution in [2.24, 2.45) is 0 Å². The van der Waals surface area contributed by atoms with Crippen molar-refractivity contribution in [1.29, 1.82) is 0 Å². The number of halogens is 2. The Labute approximate surface area is 114 Å². The first-order valence-electron chi connectivity index (χ1n) is 4.63. The second kappa shape index (κ2) is 9.27. The number of rotatable bonds is 3. The molecule has 96 valence electrons. The fourth-order valence-corrected chi connectivity index (χ4v) is 1.07. The van der Waals surface area contributed by atoms with Crippen molar-refractivity contribution in [3.63, 3.8) is 0 Å². The zero-order valence-electron chi connectivity index (χ0n) is 9.09. The van der Waals surface area contributed by atoms with Crippen LogP contribution in [0.4, 0.5) is 0 Å². The summed E-state index contributed by atoms with van der Waals surface area (Å²) in [5.41, 5.74) is 1.02. The molecule has 0 spiro atoms. The van der Waals surface area contributed by atoms with Crippen molar-refractivity contribution in [1.82, 2.24) is 0 Å². The highest BCUT2D eigenvalue weighted by molar-refractivity contribution is 6.57. The van der Waals surface area contributed by atoms with Gasteiger partial charge in [0.2, 0.25) is 0 Å². The molecule has 0 aliphatic rings. The minimum absolute atomic E-state index is 0.284. The Bertz CT molecular complexity index is 432. The molecular weight excluding hydrogens is 279 g/mol. The number of carboxylic acid groups (broad SMARTS) is 2. The maximum atomic E-state index is 9.55. The lowest BCUT2D eigenvalue weighted by Gasteiger charge is -1.88. The van der Waals surface area contributed by atoms with Crippen LogP contribution in [0.25, 0.3) is 6.08 Å². The number of aliphatic carboxylic acids is 2. The molecule has 0 unspecified atom stereocenters. The first-order chi connectivity index (χ1) is 8.41. The van der Waals surface area contributed by atoms with E-state index in [0.717, 1.165) is 5.56 Å². The molecule has 6 heteroatoms.